The van der Waals surface area contributed by atoms with Crippen molar-refractivity contribution >= 4 is 23.5 Å². The van der Waals surface area contributed by atoms with Gasteiger partial charge in [0.25, 0.3) is 0 Å². The second kappa shape index (κ2) is 7.23. The third-order valence-electron chi connectivity index (χ3n) is 5.14. The summed E-state index contributed by atoms with van der Waals surface area (Å²) in [4.78, 5) is 12.3. The summed E-state index contributed by atoms with van der Waals surface area (Å²) in [6, 6.07) is 8.36. The van der Waals surface area contributed by atoms with Crippen LogP contribution in [0.4, 0.5) is 5.82 Å². The van der Waals surface area contributed by atoms with Crippen LogP contribution in [0.25, 0.3) is 0 Å². The normalized spacial score (nSPS) is 20.9. The highest BCUT2D eigenvalue weighted by Gasteiger charge is 2.30. The van der Waals surface area contributed by atoms with Crippen molar-refractivity contribution in [2.75, 3.05) is 11.1 Å². The number of nitrogens with zero attached hydrogens (tertiary/aromatic N) is 2. The van der Waals surface area contributed by atoms with E-state index in [0.29, 0.717) is 11.9 Å². The quantitative estimate of drug-likeness (QED) is 0.829. The molecule has 1 N–H and O–H groups in total. The number of aromatic nitrogens is 2. The summed E-state index contributed by atoms with van der Waals surface area (Å²) in [6.45, 7) is 6.28. The van der Waals surface area contributed by atoms with E-state index in [2.05, 4.69) is 55.5 Å². The molecule has 1 fully saturated rings. The topological polar surface area (TPSA) is 56.2 Å². The predicted molar refractivity (Wildman–Crippen MR) is 109 cm³/mol. The van der Waals surface area contributed by atoms with Crippen molar-refractivity contribution in [1.29, 1.82) is 0 Å². The van der Waals surface area contributed by atoms with E-state index >= 15 is 0 Å². The Labute approximate surface area is 164 Å². The Hall–Kier alpha value is -1.95. The highest BCUT2D eigenvalue weighted by Crippen LogP contribution is 2.43. The van der Waals surface area contributed by atoms with Crippen LogP contribution in [0, 0.1) is 0 Å². The van der Waals surface area contributed by atoms with Crippen LogP contribution in [0.5, 0.6) is 5.75 Å². The summed E-state index contributed by atoms with van der Waals surface area (Å²) in [5.74, 6) is 2.21. The molecule has 0 spiro atoms. The Kier molecular flexibility index (Phi) is 4.93. The van der Waals surface area contributed by atoms with E-state index in [1.54, 1.807) is 11.8 Å². The molecule has 1 aromatic carbocycles. The van der Waals surface area contributed by atoms with Crippen molar-refractivity contribution in [3.05, 3.63) is 41.6 Å². The maximum atomic E-state index is 12.3. The van der Waals surface area contributed by atoms with E-state index < -0.39 is 0 Å². The Morgan fingerprint density at radius 1 is 1.19 bits per heavy atom. The van der Waals surface area contributed by atoms with Crippen LogP contribution in [0.2, 0.25) is 0 Å². The molecule has 4 rings (SSSR count). The first-order valence-electron chi connectivity index (χ1n) is 9.68. The lowest BCUT2D eigenvalue weighted by Gasteiger charge is -2.23. The number of ether oxygens (including phenoxy) is 1. The van der Waals surface area contributed by atoms with Gasteiger partial charge in [-0.2, -0.15) is 5.10 Å². The van der Waals surface area contributed by atoms with Crippen molar-refractivity contribution in [2.24, 2.45) is 0 Å². The summed E-state index contributed by atoms with van der Waals surface area (Å²) in [5, 5.41) is 7.70. The standard InChI is InChI=1S/C21H27N3O2S/c1-21(2,3)24-20-17(12-22-24)19(27-13-18(25)23-20)14-8-10-16(11-9-14)26-15-6-4-5-7-15/h8-12,15,19H,4-7,13H2,1-3H3,(H,23,25)/t19-/m1/s1. The molecular weight excluding hydrogens is 358 g/mol. The molecule has 1 aliphatic heterocycles. The van der Waals surface area contributed by atoms with E-state index in [-0.39, 0.29) is 16.7 Å². The molecule has 2 aromatic rings. The van der Waals surface area contributed by atoms with Crippen LogP contribution < -0.4 is 10.1 Å². The molecule has 0 radical (unpaired) electrons. The molecular formula is C21H27N3O2S. The van der Waals surface area contributed by atoms with Crippen LogP contribution in [0.3, 0.4) is 0 Å². The zero-order valence-corrected chi connectivity index (χ0v) is 17.0. The fraction of sp³-hybridized carbons (Fsp3) is 0.524. The predicted octanol–water partition coefficient (Wildman–Crippen LogP) is 4.73. The van der Waals surface area contributed by atoms with Gasteiger partial charge in [0.05, 0.1) is 28.8 Å². The van der Waals surface area contributed by atoms with Gasteiger partial charge in [0.15, 0.2) is 0 Å². The maximum absolute atomic E-state index is 12.3. The average molecular weight is 386 g/mol. The summed E-state index contributed by atoms with van der Waals surface area (Å²) in [5.41, 5.74) is 2.04. The summed E-state index contributed by atoms with van der Waals surface area (Å²) in [6.07, 6.45) is 7.10. The van der Waals surface area contributed by atoms with Gasteiger partial charge >= 0.3 is 0 Å². The zero-order chi connectivity index (χ0) is 19.0. The minimum absolute atomic E-state index is 0.0240. The van der Waals surface area contributed by atoms with Crippen molar-refractivity contribution in [1.82, 2.24) is 9.78 Å². The molecule has 1 atom stereocenters. The van der Waals surface area contributed by atoms with Gasteiger partial charge in [-0.3, -0.25) is 4.79 Å². The van der Waals surface area contributed by atoms with Gasteiger partial charge in [-0.1, -0.05) is 12.1 Å². The first-order valence-corrected chi connectivity index (χ1v) is 10.7. The molecule has 1 amide bonds. The van der Waals surface area contributed by atoms with Gasteiger partial charge < -0.3 is 10.1 Å². The van der Waals surface area contributed by atoms with E-state index in [1.165, 1.54) is 18.4 Å². The Balaban J connectivity index is 1.62. The molecule has 0 saturated heterocycles. The van der Waals surface area contributed by atoms with Crippen LogP contribution in [-0.2, 0) is 10.3 Å². The molecule has 2 aliphatic rings. The molecule has 0 bridgehead atoms. The number of rotatable bonds is 3. The van der Waals surface area contributed by atoms with Crippen molar-refractivity contribution in [2.45, 2.75) is 63.3 Å². The molecule has 1 aliphatic carbocycles. The second-order valence-corrected chi connectivity index (χ2v) is 9.46. The molecule has 2 heterocycles. The molecule has 1 aromatic heterocycles. The number of carbonyl (C=O) groups is 1. The number of anilines is 1. The minimum Gasteiger partial charge on any atom is -0.490 e. The molecule has 27 heavy (non-hydrogen) atoms. The molecule has 144 valence electrons. The largest absolute Gasteiger partial charge is 0.490 e. The lowest BCUT2D eigenvalue weighted by Crippen LogP contribution is -2.27. The van der Waals surface area contributed by atoms with Crippen LogP contribution in [0.1, 0.15) is 62.8 Å². The third-order valence-corrected chi connectivity index (χ3v) is 6.43. The lowest BCUT2D eigenvalue weighted by molar-refractivity contribution is -0.113. The lowest BCUT2D eigenvalue weighted by atomic mass is 10.1. The Bertz CT molecular complexity index is 817. The van der Waals surface area contributed by atoms with Crippen molar-refractivity contribution in [3.63, 3.8) is 0 Å². The van der Waals surface area contributed by atoms with Crippen LogP contribution >= 0.6 is 11.8 Å². The monoisotopic (exact) mass is 385 g/mol. The Morgan fingerprint density at radius 2 is 1.89 bits per heavy atom. The SMILES string of the molecule is CC(C)(C)n1ncc2c1NC(=O)CS[C@@H]2c1ccc(OC2CCCC2)cc1. The van der Waals surface area contributed by atoms with Crippen molar-refractivity contribution < 1.29 is 9.53 Å². The fourth-order valence-corrected chi connectivity index (χ4v) is 4.89. The summed E-state index contributed by atoms with van der Waals surface area (Å²) >= 11 is 1.64. The van der Waals surface area contributed by atoms with E-state index in [4.69, 9.17) is 4.74 Å². The maximum Gasteiger partial charge on any atom is 0.235 e. The highest BCUT2D eigenvalue weighted by molar-refractivity contribution is 8.00. The zero-order valence-electron chi connectivity index (χ0n) is 16.2. The molecule has 1 saturated carbocycles. The van der Waals surface area contributed by atoms with Gasteiger partial charge in [-0.25, -0.2) is 4.68 Å². The van der Waals surface area contributed by atoms with E-state index in [0.717, 1.165) is 30.0 Å². The third kappa shape index (κ3) is 3.86. The van der Waals surface area contributed by atoms with Crippen LogP contribution in [-0.4, -0.2) is 27.5 Å². The summed E-state index contributed by atoms with van der Waals surface area (Å²) in [7, 11) is 0. The van der Waals surface area contributed by atoms with Gasteiger partial charge in [-0.05, 0) is 64.2 Å². The summed E-state index contributed by atoms with van der Waals surface area (Å²) < 4.78 is 8.00. The van der Waals surface area contributed by atoms with Gasteiger partial charge in [0, 0.05) is 5.56 Å². The smallest absolute Gasteiger partial charge is 0.235 e. The number of nitrogens with one attached hydrogen (secondary N) is 1. The van der Waals surface area contributed by atoms with Gasteiger partial charge in [-0.15, -0.1) is 11.8 Å². The first kappa shape index (κ1) is 18.4. The number of hydrogen-bond acceptors (Lipinski definition) is 4. The number of hydrogen-bond donors (Lipinski definition) is 1. The molecule has 5 nitrogen and oxygen atoms in total. The van der Waals surface area contributed by atoms with E-state index in [1.807, 2.05) is 10.9 Å². The second-order valence-electron chi connectivity index (χ2n) is 8.36. The number of amides is 1. The van der Waals surface area contributed by atoms with Gasteiger partial charge in [0.1, 0.15) is 11.6 Å². The fourth-order valence-electron chi connectivity index (χ4n) is 3.80. The van der Waals surface area contributed by atoms with E-state index in [9.17, 15) is 4.79 Å². The molecule has 6 heteroatoms. The van der Waals surface area contributed by atoms with Gasteiger partial charge in [0.2, 0.25) is 5.91 Å². The number of fused-ring (bicyclic) bond motifs is 1. The van der Waals surface area contributed by atoms with Crippen molar-refractivity contribution in [3.8, 4) is 5.75 Å². The first-order chi connectivity index (χ1) is 12.9. The number of carbonyl (C=O) groups excluding carboxylic acids is 1. The minimum atomic E-state index is -0.195. The highest BCUT2D eigenvalue weighted by atomic mass is 32.2. The Morgan fingerprint density at radius 3 is 2.56 bits per heavy atom. The molecule has 0 unspecified atom stereocenters. The number of thioether (sulfide) groups is 1. The average Bonchev–Trinajstić information content (AvgIpc) is 3.23. The number of benzene rings is 1. The van der Waals surface area contributed by atoms with Crippen LogP contribution in [0.15, 0.2) is 30.5 Å².